The van der Waals surface area contributed by atoms with Crippen LogP contribution < -0.4 is 13.9 Å². The first-order chi connectivity index (χ1) is 10.8. The van der Waals surface area contributed by atoms with Crippen LogP contribution in [-0.4, -0.2) is 25.2 Å². The lowest BCUT2D eigenvalue weighted by atomic mass is 10.5. The van der Waals surface area contributed by atoms with Crippen LogP contribution in [0.4, 0.5) is 0 Å². The van der Waals surface area contributed by atoms with Crippen LogP contribution in [0.25, 0.3) is 0 Å². The zero-order chi connectivity index (χ0) is 19.1. The van der Waals surface area contributed by atoms with Crippen LogP contribution in [0.2, 0.25) is 33.2 Å². The molecule has 1 rings (SSSR count). The highest BCUT2D eigenvalue weighted by Gasteiger charge is 2.62. The highest BCUT2D eigenvalue weighted by atomic mass is 28.5. The fourth-order valence-corrected chi connectivity index (χ4v) is 33.4. The van der Waals surface area contributed by atoms with Crippen LogP contribution in [-0.2, 0) is 0 Å². The molecule has 0 bridgehead atoms. The molecule has 6 heteroatoms. The summed E-state index contributed by atoms with van der Waals surface area (Å²) in [6.45, 7) is 29.5. The fourth-order valence-electron chi connectivity index (χ4n) is 4.85. The van der Waals surface area contributed by atoms with Gasteiger partial charge in [0.25, 0.3) is 0 Å². The Labute approximate surface area is 155 Å². The Bertz CT molecular complexity index is 322. The zero-order valence-electron chi connectivity index (χ0n) is 18.5. The van der Waals surface area contributed by atoms with Gasteiger partial charge in [-0.2, -0.15) is 0 Å². The summed E-state index contributed by atoms with van der Waals surface area (Å²) in [4.78, 5) is 0. The Morgan fingerprint density at radius 2 is 0.458 bits per heavy atom. The van der Waals surface area contributed by atoms with E-state index in [1.807, 2.05) is 0 Å². The predicted molar refractivity (Wildman–Crippen MR) is 117 cm³/mol. The molecule has 0 atom stereocenters. The Balaban J connectivity index is 3.68. The molecule has 144 valence electrons. The van der Waals surface area contributed by atoms with Crippen molar-refractivity contribution in [3.8, 4) is 0 Å². The van der Waals surface area contributed by atoms with E-state index >= 15 is 0 Å². The second kappa shape index (κ2) is 7.64. The molecule has 0 aliphatic carbocycles. The third-order valence-corrected chi connectivity index (χ3v) is 27.6. The molecule has 1 saturated heterocycles. The van der Waals surface area contributed by atoms with Crippen molar-refractivity contribution in [3.05, 3.63) is 0 Å². The van der Waals surface area contributed by atoms with E-state index in [0.29, 0.717) is 33.2 Å². The summed E-state index contributed by atoms with van der Waals surface area (Å²) < 4.78 is 13.3. The first-order valence-corrected chi connectivity index (χ1v) is 16.6. The normalized spacial score (nSPS) is 23.2. The van der Waals surface area contributed by atoms with Crippen molar-refractivity contribution in [2.24, 2.45) is 0 Å². The molecule has 0 aromatic rings. The third-order valence-electron chi connectivity index (χ3n) is 6.71. The van der Waals surface area contributed by atoms with Gasteiger partial charge in [-0.05, 0) is 33.2 Å². The molecule has 0 unspecified atom stereocenters. The highest BCUT2D eigenvalue weighted by Crippen LogP contribution is 2.43. The SMILES string of the molecule is CC(C)[Si]1(C(C)C)N[Si](C(C)C)(C(C)C)N[Si](C(C)C)(C(C)C)N1. The molecule has 1 aliphatic heterocycles. The smallest absolute Gasteiger partial charge is 0.195 e. The number of hydrogen-bond acceptors (Lipinski definition) is 3. The van der Waals surface area contributed by atoms with Gasteiger partial charge in [-0.25, -0.2) is 0 Å². The predicted octanol–water partition coefficient (Wildman–Crippen LogP) is 5.56. The van der Waals surface area contributed by atoms with Crippen LogP contribution in [0.1, 0.15) is 83.1 Å². The van der Waals surface area contributed by atoms with Crippen molar-refractivity contribution in [1.82, 2.24) is 13.9 Å². The quantitative estimate of drug-likeness (QED) is 0.522. The standard InChI is InChI=1S/C18H45N3Si3/c1-13(2)22(14(3)4)19-23(15(5)6,16(7)8)21-24(20-22,17(9)10)18(11)12/h13-21H,1-12H3. The van der Waals surface area contributed by atoms with Gasteiger partial charge in [-0.1, -0.05) is 83.1 Å². The van der Waals surface area contributed by atoms with Crippen LogP contribution in [0.3, 0.4) is 0 Å². The molecule has 0 amide bonds. The molecule has 1 fully saturated rings. The first kappa shape index (κ1) is 22.6. The lowest BCUT2D eigenvalue weighted by Gasteiger charge is -2.63. The minimum absolute atomic E-state index is 0.702. The second-order valence-corrected chi connectivity index (χ2v) is 25.1. The molecule has 3 nitrogen and oxygen atoms in total. The summed E-state index contributed by atoms with van der Waals surface area (Å²) in [5.74, 6) is 0. The van der Waals surface area contributed by atoms with E-state index in [1.165, 1.54) is 0 Å². The van der Waals surface area contributed by atoms with E-state index in [1.54, 1.807) is 0 Å². The van der Waals surface area contributed by atoms with Gasteiger partial charge in [0.1, 0.15) is 0 Å². The number of hydrogen-bond donors (Lipinski definition) is 3. The Morgan fingerprint density at radius 3 is 0.542 bits per heavy atom. The van der Waals surface area contributed by atoms with Crippen LogP contribution in [0, 0.1) is 0 Å². The van der Waals surface area contributed by atoms with E-state index < -0.39 is 25.2 Å². The summed E-state index contributed by atoms with van der Waals surface area (Å²) >= 11 is 0. The molecule has 0 spiro atoms. The van der Waals surface area contributed by atoms with Gasteiger partial charge < -0.3 is 13.9 Å². The van der Waals surface area contributed by atoms with Crippen molar-refractivity contribution in [2.75, 3.05) is 0 Å². The molecule has 1 aliphatic rings. The van der Waals surface area contributed by atoms with E-state index in [-0.39, 0.29) is 0 Å². The van der Waals surface area contributed by atoms with Gasteiger partial charge >= 0.3 is 0 Å². The van der Waals surface area contributed by atoms with Crippen molar-refractivity contribution < 1.29 is 0 Å². The summed E-state index contributed by atoms with van der Waals surface area (Å²) in [7, 11) is -5.40. The van der Waals surface area contributed by atoms with Crippen molar-refractivity contribution >= 4 is 25.2 Å². The molecular weight excluding hydrogens is 342 g/mol. The fraction of sp³-hybridized carbons (Fsp3) is 1.00. The van der Waals surface area contributed by atoms with Gasteiger partial charge in [0, 0.05) is 0 Å². The first-order valence-electron chi connectivity index (χ1n) is 10.2. The summed E-state index contributed by atoms with van der Waals surface area (Å²) in [5.41, 5.74) is 4.21. The summed E-state index contributed by atoms with van der Waals surface area (Å²) in [5, 5.41) is 0. The Kier molecular flexibility index (Phi) is 7.19. The molecule has 0 radical (unpaired) electrons. The molecule has 3 N–H and O–H groups in total. The molecule has 1 heterocycles. The molecule has 0 aromatic heterocycles. The average Bonchev–Trinajstić information content (AvgIpc) is 2.44. The van der Waals surface area contributed by atoms with Gasteiger partial charge in [-0.15, -0.1) is 0 Å². The molecular formula is C18H45N3Si3. The molecule has 0 aromatic carbocycles. The van der Waals surface area contributed by atoms with E-state index in [9.17, 15) is 0 Å². The van der Waals surface area contributed by atoms with Crippen LogP contribution in [0.5, 0.6) is 0 Å². The van der Waals surface area contributed by atoms with Crippen LogP contribution >= 0.6 is 0 Å². The van der Waals surface area contributed by atoms with Gasteiger partial charge in [0.2, 0.25) is 0 Å². The maximum absolute atomic E-state index is 4.43. The highest BCUT2D eigenvalue weighted by molar-refractivity contribution is 7.08. The zero-order valence-corrected chi connectivity index (χ0v) is 21.5. The maximum atomic E-state index is 4.43. The Hall–Kier alpha value is 0.531. The van der Waals surface area contributed by atoms with Gasteiger partial charge in [0.15, 0.2) is 25.2 Å². The molecule has 24 heavy (non-hydrogen) atoms. The van der Waals surface area contributed by atoms with Crippen molar-refractivity contribution in [2.45, 2.75) is 116 Å². The third kappa shape index (κ3) is 3.51. The minimum Gasteiger partial charge on any atom is -0.335 e. The van der Waals surface area contributed by atoms with Gasteiger partial charge in [0.05, 0.1) is 0 Å². The monoisotopic (exact) mass is 387 g/mol. The minimum atomic E-state index is -1.80. The average molecular weight is 388 g/mol. The molecule has 0 saturated carbocycles. The topological polar surface area (TPSA) is 36.1 Å². The lowest BCUT2D eigenvalue weighted by molar-refractivity contribution is 0.712. The number of nitrogens with one attached hydrogen (secondary N) is 3. The van der Waals surface area contributed by atoms with E-state index in [2.05, 4.69) is 97.0 Å². The van der Waals surface area contributed by atoms with E-state index in [4.69, 9.17) is 0 Å². The largest absolute Gasteiger partial charge is 0.335 e. The van der Waals surface area contributed by atoms with Crippen molar-refractivity contribution in [3.63, 3.8) is 0 Å². The van der Waals surface area contributed by atoms with Gasteiger partial charge in [-0.3, -0.25) is 0 Å². The lowest BCUT2D eigenvalue weighted by Crippen LogP contribution is -2.95. The maximum Gasteiger partial charge on any atom is 0.195 e. The Morgan fingerprint density at radius 1 is 0.333 bits per heavy atom. The van der Waals surface area contributed by atoms with Crippen LogP contribution in [0.15, 0.2) is 0 Å². The summed E-state index contributed by atoms with van der Waals surface area (Å²) in [6, 6.07) is 0. The summed E-state index contributed by atoms with van der Waals surface area (Å²) in [6.07, 6.45) is 0. The number of rotatable bonds is 6. The second-order valence-electron chi connectivity index (χ2n) is 9.91. The van der Waals surface area contributed by atoms with E-state index in [0.717, 1.165) is 0 Å². The van der Waals surface area contributed by atoms with Crippen molar-refractivity contribution in [1.29, 1.82) is 0 Å².